The standard InChI is InChI=1S/C22H31N3O3/c1-3-18(27)9-5-4-6-12-21(25-16(2)26)22(28)23-14-13-17-15-24-20-11-8-7-10-19(17)20/h7-8,10-11,15,21,24H,3-6,9,12-14H2,1-2H3,(H,23,28)(H,25,26). The Kier molecular flexibility index (Phi) is 8.72. The highest BCUT2D eigenvalue weighted by molar-refractivity contribution is 5.87. The van der Waals surface area contributed by atoms with E-state index in [2.05, 4.69) is 21.7 Å². The Hall–Kier alpha value is -2.63. The number of aromatic nitrogens is 1. The Morgan fingerprint density at radius 2 is 1.89 bits per heavy atom. The minimum Gasteiger partial charge on any atom is -0.361 e. The summed E-state index contributed by atoms with van der Waals surface area (Å²) in [4.78, 5) is 38.5. The first-order valence-electron chi connectivity index (χ1n) is 10.1. The molecule has 6 nitrogen and oxygen atoms in total. The lowest BCUT2D eigenvalue weighted by Gasteiger charge is -2.17. The van der Waals surface area contributed by atoms with Crippen molar-refractivity contribution in [2.75, 3.05) is 6.54 Å². The summed E-state index contributed by atoms with van der Waals surface area (Å²) in [6.45, 7) is 3.81. The molecular formula is C22H31N3O3. The second-order valence-corrected chi connectivity index (χ2v) is 7.15. The molecule has 1 aromatic carbocycles. The summed E-state index contributed by atoms with van der Waals surface area (Å²) in [6, 6.07) is 7.55. The number of aromatic amines is 1. The van der Waals surface area contributed by atoms with E-state index >= 15 is 0 Å². The molecule has 0 saturated carbocycles. The number of amides is 2. The highest BCUT2D eigenvalue weighted by atomic mass is 16.2. The minimum atomic E-state index is -0.526. The molecule has 1 aromatic heterocycles. The highest BCUT2D eigenvalue weighted by Gasteiger charge is 2.18. The topological polar surface area (TPSA) is 91.1 Å². The fourth-order valence-corrected chi connectivity index (χ4v) is 3.32. The predicted molar refractivity (Wildman–Crippen MR) is 111 cm³/mol. The molecule has 3 N–H and O–H groups in total. The van der Waals surface area contributed by atoms with Crippen LogP contribution in [0.3, 0.4) is 0 Å². The van der Waals surface area contributed by atoms with Crippen molar-refractivity contribution in [3.8, 4) is 0 Å². The highest BCUT2D eigenvalue weighted by Crippen LogP contribution is 2.17. The number of ketones is 1. The van der Waals surface area contributed by atoms with Crippen molar-refractivity contribution >= 4 is 28.5 Å². The van der Waals surface area contributed by atoms with Gasteiger partial charge in [0.05, 0.1) is 0 Å². The maximum absolute atomic E-state index is 12.5. The van der Waals surface area contributed by atoms with Gasteiger partial charge in [-0.2, -0.15) is 0 Å². The molecule has 1 heterocycles. The molecule has 2 rings (SSSR count). The van der Waals surface area contributed by atoms with Crippen LogP contribution in [0, 0.1) is 0 Å². The fraction of sp³-hybridized carbons (Fsp3) is 0.500. The SMILES string of the molecule is CCC(=O)CCCCCC(NC(C)=O)C(=O)NCCc1c[nH]c2ccccc12. The van der Waals surface area contributed by atoms with Crippen molar-refractivity contribution in [1.29, 1.82) is 0 Å². The normalized spacial score (nSPS) is 11.9. The second-order valence-electron chi connectivity index (χ2n) is 7.15. The second kappa shape index (κ2) is 11.3. The Labute approximate surface area is 166 Å². The predicted octanol–water partition coefficient (Wildman–Crippen LogP) is 3.26. The van der Waals surface area contributed by atoms with Crippen LogP contribution < -0.4 is 10.6 Å². The van der Waals surface area contributed by atoms with Gasteiger partial charge < -0.3 is 15.6 Å². The number of unbranched alkanes of at least 4 members (excludes halogenated alkanes) is 2. The molecular weight excluding hydrogens is 354 g/mol. The van der Waals surface area contributed by atoms with E-state index in [1.54, 1.807) is 0 Å². The molecule has 0 bridgehead atoms. The first-order chi connectivity index (χ1) is 13.5. The summed E-state index contributed by atoms with van der Waals surface area (Å²) in [7, 11) is 0. The monoisotopic (exact) mass is 385 g/mol. The number of H-pyrrole nitrogens is 1. The van der Waals surface area contributed by atoms with Gasteiger partial charge in [0.15, 0.2) is 0 Å². The van der Waals surface area contributed by atoms with Gasteiger partial charge in [-0.3, -0.25) is 14.4 Å². The van der Waals surface area contributed by atoms with Gasteiger partial charge in [0.2, 0.25) is 11.8 Å². The fourth-order valence-electron chi connectivity index (χ4n) is 3.32. The third-order valence-electron chi connectivity index (χ3n) is 4.91. The van der Waals surface area contributed by atoms with E-state index in [4.69, 9.17) is 0 Å². The van der Waals surface area contributed by atoms with Crippen molar-refractivity contribution in [2.24, 2.45) is 0 Å². The van der Waals surface area contributed by atoms with Gasteiger partial charge in [-0.15, -0.1) is 0 Å². The number of carbonyl (C=O) groups excluding carboxylic acids is 3. The van der Waals surface area contributed by atoms with E-state index < -0.39 is 6.04 Å². The van der Waals surface area contributed by atoms with Crippen LogP contribution in [0.5, 0.6) is 0 Å². The van der Waals surface area contributed by atoms with Gasteiger partial charge in [0.1, 0.15) is 11.8 Å². The van der Waals surface area contributed by atoms with Crippen LogP contribution in [0.4, 0.5) is 0 Å². The van der Waals surface area contributed by atoms with Gasteiger partial charge in [-0.25, -0.2) is 0 Å². The first kappa shape index (κ1) is 21.7. The van der Waals surface area contributed by atoms with Gasteiger partial charge >= 0.3 is 0 Å². The number of fused-ring (bicyclic) bond motifs is 1. The number of hydrogen-bond donors (Lipinski definition) is 3. The lowest BCUT2D eigenvalue weighted by Crippen LogP contribution is -2.46. The van der Waals surface area contributed by atoms with Crippen LogP contribution >= 0.6 is 0 Å². The molecule has 0 saturated heterocycles. The average Bonchev–Trinajstić information content (AvgIpc) is 3.09. The zero-order valence-electron chi connectivity index (χ0n) is 16.8. The zero-order chi connectivity index (χ0) is 20.4. The van der Waals surface area contributed by atoms with Gasteiger partial charge in [-0.1, -0.05) is 38.0 Å². The summed E-state index contributed by atoms with van der Waals surface area (Å²) >= 11 is 0. The molecule has 28 heavy (non-hydrogen) atoms. The molecule has 0 spiro atoms. The number of para-hydroxylation sites is 1. The quantitative estimate of drug-likeness (QED) is 0.490. The van der Waals surface area contributed by atoms with E-state index in [1.807, 2.05) is 31.3 Å². The number of nitrogens with one attached hydrogen (secondary N) is 3. The molecule has 0 aliphatic carbocycles. The third kappa shape index (κ3) is 6.83. The smallest absolute Gasteiger partial charge is 0.242 e. The van der Waals surface area contributed by atoms with Crippen LogP contribution in [-0.2, 0) is 20.8 Å². The largest absolute Gasteiger partial charge is 0.361 e. The maximum atomic E-state index is 12.5. The van der Waals surface area contributed by atoms with Crippen molar-refractivity contribution in [3.63, 3.8) is 0 Å². The first-order valence-corrected chi connectivity index (χ1v) is 10.1. The third-order valence-corrected chi connectivity index (χ3v) is 4.91. The van der Waals surface area contributed by atoms with E-state index in [0.29, 0.717) is 25.8 Å². The number of carbonyl (C=O) groups is 3. The molecule has 0 aliphatic rings. The molecule has 0 aliphatic heterocycles. The number of hydrogen-bond acceptors (Lipinski definition) is 3. The van der Waals surface area contributed by atoms with E-state index in [0.717, 1.165) is 42.1 Å². The molecule has 0 fully saturated rings. The lowest BCUT2D eigenvalue weighted by atomic mass is 10.0. The summed E-state index contributed by atoms with van der Waals surface area (Å²) in [5, 5.41) is 6.84. The summed E-state index contributed by atoms with van der Waals surface area (Å²) in [6.07, 6.45) is 6.97. The molecule has 1 unspecified atom stereocenters. The maximum Gasteiger partial charge on any atom is 0.242 e. The minimum absolute atomic E-state index is 0.153. The Balaban J connectivity index is 1.78. The Morgan fingerprint density at radius 1 is 1.11 bits per heavy atom. The molecule has 152 valence electrons. The van der Waals surface area contributed by atoms with E-state index in [1.165, 1.54) is 6.92 Å². The molecule has 6 heteroatoms. The van der Waals surface area contributed by atoms with E-state index in [9.17, 15) is 14.4 Å². The number of rotatable bonds is 12. The molecule has 2 aromatic rings. The molecule has 1 atom stereocenters. The number of benzene rings is 1. The Morgan fingerprint density at radius 3 is 2.64 bits per heavy atom. The Bertz CT molecular complexity index is 797. The van der Waals surface area contributed by atoms with Crippen molar-refractivity contribution in [2.45, 2.75) is 64.8 Å². The summed E-state index contributed by atoms with van der Waals surface area (Å²) in [5.74, 6) is -0.0916. The number of Topliss-reactive ketones (excluding diaryl/α,β-unsaturated/α-hetero) is 1. The van der Waals surface area contributed by atoms with Crippen LogP contribution in [-0.4, -0.2) is 35.2 Å². The van der Waals surface area contributed by atoms with Crippen LogP contribution in [0.25, 0.3) is 10.9 Å². The van der Waals surface area contributed by atoms with Gasteiger partial charge in [0, 0.05) is 43.4 Å². The van der Waals surface area contributed by atoms with E-state index in [-0.39, 0.29) is 17.6 Å². The molecule has 0 radical (unpaired) electrons. The van der Waals surface area contributed by atoms with Crippen molar-refractivity contribution in [3.05, 3.63) is 36.0 Å². The summed E-state index contributed by atoms with van der Waals surface area (Å²) < 4.78 is 0. The van der Waals surface area contributed by atoms with Gasteiger partial charge in [0.25, 0.3) is 0 Å². The summed E-state index contributed by atoms with van der Waals surface area (Å²) in [5.41, 5.74) is 2.24. The van der Waals surface area contributed by atoms with Gasteiger partial charge in [-0.05, 0) is 30.9 Å². The van der Waals surface area contributed by atoms with Crippen LogP contribution in [0.2, 0.25) is 0 Å². The van der Waals surface area contributed by atoms with Crippen molar-refractivity contribution in [1.82, 2.24) is 15.6 Å². The van der Waals surface area contributed by atoms with Crippen LogP contribution in [0.15, 0.2) is 30.5 Å². The average molecular weight is 386 g/mol. The lowest BCUT2D eigenvalue weighted by molar-refractivity contribution is -0.128. The zero-order valence-corrected chi connectivity index (χ0v) is 16.8. The van der Waals surface area contributed by atoms with Crippen LogP contribution in [0.1, 0.15) is 57.9 Å². The molecule has 2 amide bonds. The van der Waals surface area contributed by atoms with Crippen molar-refractivity contribution < 1.29 is 14.4 Å².